The maximum atomic E-state index is 13.6. The highest BCUT2D eigenvalue weighted by Gasteiger charge is 2.40. The first-order valence-electron chi connectivity index (χ1n) is 8.84. The van der Waals surface area contributed by atoms with E-state index in [9.17, 15) is 9.59 Å². The lowest BCUT2D eigenvalue weighted by atomic mass is 9.80. The van der Waals surface area contributed by atoms with E-state index in [4.69, 9.17) is 0 Å². The van der Waals surface area contributed by atoms with Gasteiger partial charge in [0.15, 0.2) is 11.6 Å². The second-order valence-electron chi connectivity index (χ2n) is 6.44. The van der Waals surface area contributed by atoms with Crippen LogP contribution in [0.25, 0.3) is 0 Å². The maximum Gasteiger partial charge on any atom is 0.184 e. The summed E-state index contributed by atoms with van der Waals surface area (Å²) < 4.78 is 1.89. The highest BCUT2D eigenvalue weighted by atomic mass is 32.1. The molecule has 6 heteroatoms. The van der Waals surface area contributed by atoms with Crippen molar-refractivity contribution in [3.63, 3.8) is 0 Å². The van der Waals surface area contributed by atoms with Crippen molar-refractivity contribution >= 4 is 34.2 Å². The van der Waals surface area contributed by atoms with Crippen LogP contribution >= 0.6 is 22.7 Å². The van der Waals surface area contributed by atoms with Gasteiger partial charge in [-0.1, -0.05) is 42.5 Å². The number of thiophene rings is 2. The van der Waals surface area contributed by atoms with E-state index in [1.165, 1.54) is 22.7 Å². The van der Waals surface area contributed by atoms with Crippen molar-refractivity contribution in [2.45, 2.75) is 5.92 Å². The van der Waals surface area contributed by atoms with Crippen LogP contribution in [0.15, 0.2) is 77.8 Å². The zero-order valence-electron chi connectivity index (χ0n) is 15.2. The minimum atomic E-state index is -0.874. The topological polar surface area (TPSA) is 52.0 Å². The smallest absolute Gasteiger partial charge is 0.184 e. The monoisotopic (exact) mass is 406 g/mol. The van der Waals surface area contributed by atoms with Gasteiger partial charge in [0.2, 0.25) is 0 Å². The van der Waals surface area contributed by atoms with E-state index in [2.05, 4.69) is 4.98 Å². The molecule has 0 aliphatic rings. The normalized spacial score (nSPS) is 13.2. The van der Waals surface area contributed by atoms with Crippen LogP contribution in [0.1, 0.15) is 36.6 Å². The minimum absolute atomic E-state index is 0.162. The van der Waals surface area contributed by atoms with Gasteiger partial charge in [0.25, 0.3) is 0 Å². The first-order valence-corrected chi connectivity index (χ1v) is 10.6. The number of Topliss-reactive ketones (excluding diaryl/α,β-unsaturated/α-hetero) is 2. The number of nitrogens with zero attached hydrogens (tertiary/aromatic N) is 2. The zero-order chi connectivity index (χ0) is 19.5. The lowest BCUT2D eigenvalue weighted by Crippen LogP contribution is -2.32. The molecule has 0 aliphatic heterocycles. The van der Waals surface area contributed by atoms with Gasteiger partial charge in [-0.2, -0.15) is 0 Å². The molecule has 0 spiro atoms. The summed E-state index contributed by atoms with van der Waals surface area (Å²) in [5.41, 5.74) is 0.535. The second-order valence-corrected chi connectivity index (χ2v) is 8.37. The largest absolute Gasteiger partial charge is 0.337 e. The number of hydrogen-bond acceptors (Lipinski definition) is 5. The fourth-order valence-electron chi connectivity index (χ4n) is 3.36. The van der Waals surface area contributed by atoms with Crippen molar-refractivity contribution in [1.29, 1.82) is 0 Å². The third-order valence-corrected chi connectivity index (χ3v) is 6.55. The summed E-state index contributed by atoms with van der Waals surface area (Å²) in [7, 11) is 1.89. The van der Waals surface area contributed by atoms with E-state index in [0.29, 0.717) is 16.3 Å². The molecule has 3 aromatic heterocycles. The Hall–Kier alpha value is -2.83. The Labute approximate surface area is 171 Å². The molecular weight excluding hydrogens is 388 g/mol. The molecular formula is C22H18N2O2S2. The van der Waals surface area contributed by atoms with Crippen LogP contribution in [-0.2, 0) is 7.05 Å². The van der Waals surface area contributed by atoms with Crippen molar-refractivity contribution in [2.24, 2.45) is 13.0 Å². The van der Waals surface area contributed by atoms with Crippen molar-refractivity contribution in [3.8, 4) is 0 Å². The molecule has 4 nitrogen and oxygen atoms in total. The number of carbonyl (C=O) groups excluding carboxylic acids is 2. The molecule has 0 N–H and O–H groups in total. The highest BCUT2D eigenvalue weighted by Crippen LogP contribution is 2.38. The predicted molar refractivity (Wildman–Crippen MR) is 112 cm³/mol. The van der Waals surface area contributed by atoms with Crippen molar-refractivity contribution in [2.75, 3.05) is 0 Å². The number of aromatic nitrogens is 2. The van der Waals surface area contributed by atoms with Crippen LogP contribution < -0.4 is 0 Å². The zero-order valence-corrected chi connectivity index (χ0v) is 16.8. The Bertz CT molecular complexity index is 1070. The predicted octanol–water partition coefficient (Wildman–Crippen LogP) is 5.06. The Balaban J connectivity index is 1.88. The SMILES string of the molecule is Cn1ccnc1C(c1cccs1)C(C(=O)c1ccccc1)C(=O)c1cccs1. The van der Waals surface area contributed by atoms with E-state index in [-0.39, 0.29) is 11.6 Å². The molecule has 4 rings (SSSR count). The number of rotatable bonds is 7. The van der Waals surface area contributed by atoms with Crippen LogP contribution in [0.2, 0.25) is 0 Å². The van der Waals surface area contributed by atoms with E-state index >= 15 is 0 Å². The van der Waals surface area contributed by atoms with E-state index in [1.807, 2.05) is 65.0 Å². The molecule has 28 heavy (non-hydrogen) atoms. The molecule has 2 unspecified atom stereocenters. The first-order chi connectivity index (χ1) is 13.7. The van der Waals surface area contributed by atoms with E-state index in [0.717, 1.165) is 4.88 Å². The minimum Gasteiger partial charge on any atom is -0.337 e. The molecule has 140 valence electrons. The van der Waals surface area contributed by atoms with Crippen molar-refractivity contribution < 1.29 is 9.59 Å². The van der Waals surface area contributed by atoms with Gasteiger partial charge in [0.05, 0.1) is 10.8 Å². The third kappa shape index (κ3) is 3.48. The van der Waals surface area contributed by atoms with Gasteiger partial charge in [-0.25, -0.2) is 4.98 Å². The summed E-state index contributed by atoms with van der Waals surface area (Å²) in [6.45, 7) is 0. The summed E-state index contributed by atoms with van der Waals surface area (Å²) in [5, 5.41) is 3.82. The number of hydrogen-bond donors (Lipinski definition) is 0. The standard InChI is InChI=1S/C22H18N2O2S2/c1-24-12-11-23-22(24)18(16-9-5-13-27-16)19(21(26)17-10-6-14-28-17)20(25)15-7-3-2-4-8-15/h2-14,18-19H,1H3. The Morgan fingerprint density at radius 1 is 0.929 bits per heavy atom. The van der Waals surface area contributed by atoms with Gasteiger partial charge in [-0.3, -0.25) is 9.59 Å². The quantitative estimate of drug-likeness (QED) is 0.318. The van der Waals surface area contributed by atoms with Crippen molar-refractivity contribution in [3.05, 3.63) is 98.9 Å². The summed E-state index contributed by atoms with van der Waals surface area (Å²) >= 11 is 2.90. The number of imidazole rings is 1. The van der Waals surface area contributed by atoms with Gasteiger partial charge < -0.3 is 4.57 Å². The number of carbonyl (C=O) groups is 2. The lowest BCUT2D eigenvalue weighted by molar-refractivity contribution is 0.0793. The fraction of sp³-hybridized carbons (Fsp3) is 0.136. The summed E-state index contributed by atoms with van der Waals surface area (Å²) in [6.07, 6.45) is 3.55. The summed E-state index contributed by atoms with van der Waals surface area (Å²) in [6, 6.07) is 16.6. The molecule has 0 saturated carbocycles. The van der Waals surface area contributed by atoms with Crippen LogP contribution in [-0.4, -0.2) is 21.1 Å². The van der Waals surface area contributed by atoms with Crippen LogP contribution in [0.5, 0.6) is 0 Å². The molecule has 3 heterocycles. The molecule has 0 fully saturated rings. The highest BCUT2D eigenvalue weighted by molar-refractivity contribution is 7.12. The number of aryl methyl sites for hydroxylation is 1. The molecule has 0 aliphatic carbocycles. The lowest BCUT2D eigenvalue weighted by Gasteiger charge is -2.24. The van der Waals surface area contributed by atoms with E-state index < -0.39 is 11.8 Å². The Morgan fingerprint density at radius 2 is 1.68 bits per heavy atom. The average molecular weight is 407 g/mol. The Kier molecular flexibility index (Phi) is 5.32. The summed E-state index contributed by atoms with van der Waals surface area (Å²) in [5.74, 6) is -0.949. The third-order valence-electron chi connectivity index (χ3n) is 4.71. The molecule has 2 atom stereocenters. The van der Waals surface area contributed by atoms with Crippen LogP contribution in [0, 0.1) is 5.92 Å². The van der Waals surface area contributed by atoms with Crippen LogP contribution in [0.3, 0.4) is 0 Å². The average Bonchev–Trinajstić information content (AvgIpc) is 3.48. The van der Waals surface area contributed by atoms with Gasteiger partial charge >= 0.3 is 0 Å². The molecule has 0 bridgehead atoms. The van der Waals surface area contributed by atoms with Gasteiger partial charge in [-0.05, 0) is 22.9 Å². The second kappa shape index (κ2) is 8.04. The van der Waals surface area contributed by atoms with Gasteiger partial charge in [-0.15, -0.1) is 22.7 Å². The fourth-order valence-corrected chi connectivity index (χ4v) is 4.92. The van der Waals surface area contributed by atoms with Crippen LogP contribution in [0.4, 0.5) is 0 Å². The Morgan fingerprint density at radius 3 is 2.29 bits per heavy atom. The van der Waals surface area contributed by atoms with Gasteiger partial charge in [0, 0.05) is 29.9 Å². The molecule has 0 saturated heterocycles. The maximum absolute atomic E-state index is 13.6. The number of ketones is 2. The molecule has 1 aromatic carbocycles. The first kappa shape index (κ1) is 18.5. The summed E-state index contributed by atoms with van der Waals surface area (Å²) in [4.78, 5) is 33.1. The van der Waals surface area contributed by atoms with Gasteiger partial charge in [0.1, 0.15) is 11.7 Å². The molecule has 0 radical (unpaired) electrons. The molecule has 4 aromatic rings. The number of benzene rings is 1. The molecule has 0 amide bonds. The van der Waals surface area contributed by atoms with E-state index in [1.54, 1.807) is 24.4 Å². The van der Waals surface area contributed by atoms with Crippen molar-refractivity contribution in [1.82, 2.24) is 9.55 Å².